The topological polar surface area (TPSA) is 9.23 Å². The second kappa shape index (κ2) is 4.23. The molecule has 1 heterocycles. The molecule has 0 N–H and O–H groups in total. The van der Waals surface area contributed by atoms with Gasteiger partial charge in [0.2, 0.25) is 0 Å². The molecule has 1 aliphatic heterocycles. The van der Waals surface area contributed by atoms with Gasteiger partial charge in [-0.25, -0.2) is 0 Å². The summed E-state index contributed by atoms with van der Waals surface area (Å²) in [6.45, 7) is 17.1. The van der Waals surface area contributed by atoms with Crippen LogP contribution in [0.25, 0.3) is 0 Å². The van der Waals surface area contributed by atoms with E-state index < -0.39 is 0 Å². The maximum absolute atomic E-state index is 5.85. The fourth-order valence-electron chi connectivity index (χ4n) is 5.98. The number of ether oxygens (including phenoxy) is 1. The predicted octanol–water partition coefficient (Wildman–Crippen LogP) is 4.61. The van der Waals surface area contributed by atoms with E-state index in [0.717, 1.165) is 48.7 Å². The van der Waals surface area contributed by atoms with E-state index in [2.05, 4.69) is 41.5 Å². The predicted molar refractivity (Wildman–Crippen MR) is 79.9 cm³/mol. The molecule has 0 amide bonds. The van der Waals surface area contributed by atoms with Gasteiger partial charge < -0.3 is 4.74 Å². The first kappa shape index (κ1) is 13.9. The molecular weight excluding hydrogens is 232 g/mol. The van der Waals surface area contributed by atoms with Crippen LogP contribution >= 0.6 is 0 Å². The molecule has 2 aliphatic carbocycles. The Kier molecular flexibility index (Phi) is 3.10. The Balaban J connectivity index is 1.91. The first-order chi connectivity index (χ1) is 8.76. The summed E-state index contributed by atoms with van der Waals surface area (Å²) in [5.74, 6) is 5.20. The van der Waals surface area contributed by atoms with Gasteiger partial charge in [0.05, 0.1) is 0 Å². The standard InChI is InChI=1S/C18H32O/c1-11-9-19-10-13-7-15-16(8-14(11)13)18(5,6)12(2)17(15,3)4/h11-16H,7-10H2,1-6H3. The Hall–Kier alpha value is -0.0400. The van der Waals surface area contributed by atoms with Crippen LogP contribution in [0.4, 0.5) is 0 Å². The Morgan fingerprint density at radius 3 is 2.05 bits per heavy atom. The van der Waals surface area contributed by atoms with Crippen molar-refractivity contribution >= 4 is 0 Å². The van der Waals surface area contributed by atoms with Crippen LogP contribution in [0, 0.1) is 46.3 Å². The number of fused-ring (bicyclic) bond motifs is 2. The van der Waals surface area contributed by atoms with Crippen molar-refractivity contribution in [1.29, 1.82) is 0 Å². The summed E-state index contributed by atoms with van der Waals surface area (Å²) in [7, 11) is 0. The molecule has 6 unspecified atom stereocenters. The summed E-state index contributed by atoms with van der Waals surface area (Å²) in [6.07, 6.45) is 2.88. The van der Waals surface area contributed by atoms with Crippen LogP contribution < -0.4 is 0 Å². The highest BCUT2D eigenvalue weighted by molar-refractivity contribution is 5.08. The van der Waals surface area contributed by atoms with Crippen molar-refractivity contribution in [2.45, 2.75) is 54.4 Å². The molecular formula is C18H32O. The minimum absolute atomic E-state index is 0.500. The molecule has 0 radical (unpaired) electrons. The van der Waals surface area contributed by atoms with Crippen LogP contribution in [-0.4, -0.2) is 13.2 Å². The van der Waals surface area contributed by atoms with Gasteiger partial charge in [-0.1, -0.05) is 41.5 Å². The third kappa shape index (κ3) is 1.83. The summed E-state index contributed by atoms with van der Waals surface area (Å²) < 4.78 is 5.85. The van der Waals surface area contributed by atoms with Gasteiger partial charge in [-0.3, -0.25) is 0 Å². The fourth-order valence-corrected chi connectivity index (χ4v) is 5.98. The van der Waals surface area contributed by atoms with Crippen LogP contribution in [0.3, 0.4) is 0 Å². The molecule has 1 saturated heterocycles. The van der Waals surface area contributed by atoms with E-state index in [4.69, 9.17) is 4.74 Å². The maximum Gasteiger partial charge on any atom is 0.0497 e. The van der Waals surface area contributed by atoms with Gasteiger partial charge in [-0.05, 0) is 59.2 Å². The molecule has 0 spiro atoms. The van der Waals surface area contributed by atoms with Crippen molar-refractivity contribution in [2.24, 2.45) is 46.3 Å². The smallest absolute Gasteiger partial charge is 0.0497 e. The third-order valence-corrected chi connectivity index (χ3v) is 7.76. The van der Waals surface area contributed by atoms with Crippen LogP contribution in [-0.2, 0) is 4.74 Å². The fraction of sp³-hybridized carbons (Fsp3) is 1.00. The average Bonchev–Trinajstić information content (AvgIpc) is 2.48. The first-order valence-electron chi connectivity index (χ1n) is 8.34. The van der Waals surface area contributed by atoms with Gasteiger partial charge in [0.25, 0.3) is 0 Å². The monoisotopic (exact) mass is 264 g/mol. The van der Waals surface area contributed by atoms with E-state index in [9.17, 15) is 0 Å². The normalized spacial score (nSPS) is 51.5. The molecule has 0 aromatic heterocycles. The molecule has 3 fully saturated rings. The van der Waals surface area contributed by atoms with Crippen molar-refractivity contribution < 1.29 is 4.74 Å². The van der Waals surface area contributed by atoms with E-state index in [1.165, 1.54) is 12.8 Å². The molecule has 0 aromatic carbocycles. The lowest BCUT2D eigenvalue weighted by Crippen LogP contribution is -2.44. The van der Waals surface area contributed by atoms with E-state index in [1.807, 2.05) is 0 Å². The molecule has 1 nitrogen and oxygen atoms in total. The highest BCUT2D eigenvalue weighted by Gasteiger charge is 2.60. The van der Waals surface area contributed by atoms with E-state index in [-0.39, 0.29) is 0 Å². The highest BCUT2D eigenvalue weighted by atomic mass is 16.5. The van der Waals surface area contributed by atoms with Gasteiger partial charge in [-0.15, -0.1) is 0 Å². The lowest BCUT2D eigenvalue weighted by molar-refractivity contribution is -0.0780. The molecule has 110 valence electrons. The largest absolute Gasteiger partial charge is 0.381 e. The average molecular weight is 264 g/mol. The lowest BCUT2D eigenvalue weighted by Gasteiger charge is -2.48. The zero-order valence-corrected chi connectivity index (χ0v) is 13.7. The summed E-state index contributed by atoms with van der Waals surface area (Å²) in [6, 6.07) is 0. The minimum Gasteiger partial charge on any atom is -0.381 e. The first-order valence-corrected chi connectivity index (χ1v) is 8.34. The summed E-state index contributed by atoms with van der Waals surface area (Å²) in [5.41, 5.74) is 1.01. The van der Waals surface area contributed by atoms with Crippen LogP contribution in [0.1, 0.15) is 54.4 Å². The Labute approximate surface area is 119 Å². The summed E-state index contributed by atoms with van der Waals surface area (Å²) >= 11 is 0. The molecule has 0 bridgehead atoms. The maximum atomic E-state index is 5.85. The summed E-state index contributed by atoms with van der Waals surface area (Å²) in [4.78, 5) is 0. The van der Waals surface area contributed by atoms with Gasteiger partial charge in [0.1, 0.15) is 0 Å². The number of hydrogen-bond acceptors (Lipinski definition) is 1. The van der Waals surface area contributed by atoms with E-state index >= 15 is 0 Å². The van der Waals surface area contributed by atoms with Gasteiger partial charge in [0, 0.05) is 13.2 Å². The quantitative estimate of drug-likeness (QED) is 0.620. The van der Waals surface area contributed by atoms with Crippen LogP contribution in [0.5, 0.6) is 0 Å². The minimum atomic E-state index is 0.500. The van der Waals surface area contributed by atoms with E-state index in [0.29, 0.717) is 10.8 Å². The Bertz CT molecular complexity index is 357. The Morgan fingerprint density at radius 1 is 0.842 bits per heavy atom. The van der Waals surface area contributed by atoms with Crippen LogP contribution in [0.15, 0.2) is 0 Å². The lowest BCUT2D eigenvalue weighted by atomic mass is 9.59. The third-order valence-electron chi connectivity index (χ3n) is 7.76. The molecule has 2 saturated carbocycles. The van der Waals surface area contributed by atoms with Gasteiger partial charge in [0.15, 0.2) is 0 Å². The van der Waals surface area contributed by atoms with Crippen molar-refractivity contribution in [3.63, 3.8) is 0 Å². The zero-order chi connectivity index (χ0) is 14.0. The molecule has 1 heteroatoms. The zero-order valence-electron chi connectivity index (χ0n) is 13.7. The SMILES string of the molecule is CC1COCC2CC3C(CC12)C(C)(C)C(C)C3(C)C. The van der Waals surface area contributed by atoms with Crippen LogP contribution in [0.2, 0.25) is 0 Å². The van der Waals surface area contributed by atoms with Gasteiger partial charge >= 0.3 is 0 Å². The Morgan fingerprint density at radius 2 is 1.42 bits per heavy atom. The highest BCUT2D eigenvalue weighted by Crippen LogP contribution is 2.66. The molecule has 19 heavy (non-hydrogen) atoms. The van der Waals surface area contributed by atoms with Gasteiger partial charge in [-0.2, -0.15) is 0 Å². The van der Waals surface area contributed by atoms with E-state index in [1.54, 1.807) is 0 Å². The number of rotatable bonds is 0. The van der Waals surface area contributed by atoms with Crippen molar-refractivity contribution in [3.05, 3.63) is 0 Å². The second-order valence-corrected chi connectivity index (χ2v) is 8.99. The molecule has 3 rings (SSSR count). The van der Waals surface area contributed by atoms with Crippen molar-refractivity contribution in [2.75, 3.05) is 13.2 Å². The van der Waals surface area contributed by atoms with Crippen molar-refractivity contribution in [3.8, 4) is 0 Å². The second-order valence-electron chi connectivity index (χ2n) is 8.99. The number of hydrogen-bond donors (Lipinski definition) is 0. The molecule has 3 aliphatic rings. The molecule has 6 atom stereocenters. The molecule has 0 aromatic rings. The summed E-state index contributed by atoms with van der Waals surface area (Å²) in [5, 5.41) is 0. The van der Waals surface area contributed by atoms with Crippen molar-refractivity contribution in [1.82, 2.24) is 0 Å².